The van der Waals surface area contributed by atoms with Gasteiger partial charge in [-0.15, -0.1) is 0 Å². The highest BCUT2D eigenvalue weighted by Gasteiger charge is 2.05. The van der Waals surface area contributed by atoms with Crippen molar-refractivity contribution in [2.24, 2.45) is 5.10 Å². The first-order chi connectivity index (χ1) is 11.5. The van der Waals surface area contributed by atoms with Crippen LogP contribution in [0, 0.1) is 0 Å². The van der Waals surface area contributed by atoms with Gasteiger partial charge < -0.3 is 14.6 Å². The number of aromatic hydroxyl groups is 1. The van der Waals surface area contributed by atoms with Crippen LogP contribution in [-0.4, -0.2) is 30.4 Å². The fourth-order valence-electron chi connectivity index (χ4n) is 1.95. The van der Waals surface area contributed by atoms with E-state index in [2.05, 4.69) is 10.5 Å². The maximum Gasteiger partial charge on any atom is 0.271 e. The third kappa shape index (κ3) is 4.74. The van der Waals surface area contributed by atoms with Gasteiger partial charge in [-0.05, 0) is 50.2 Å². The van der Waals surface area contributed by atoms with Crippen molar-refractivity contribution >= 4 is 12.1 Å². The van der Waals surface area contributed by atoms with Gasteiger partial charge in [0.15, 0.2) is 0 Å². The van der Waals surface area contributed by atoms with Crippen LogP contribution in [0.4, 0.5) is 0 Å². The molecule has 0 spiro atoms. The van der Waals surface area contributed by atoms with E-state index in [1.807, 2.05) is 13.8 Å². The van der Waals surface area contributed by atoms with Crippen LogP contribution in [0.5, 0.6) is 17.2 Å². The first-order valence-corrected chi connectivity index (χ1v) is 7.46. The molecule has 0 atom stereocenters. The second-order valence-electron chi connectivity index (χ2n) is 5.31. The quantitative estimate of drug-likeness (QED) is 0.631. The molecule has 6 heteroatoms. The molecule has 24 heavy (non-hydrogen) atoms. The molecule has 0 aliphatic rings. The number of ether oxygens (including phenoxy) is 2. The molecule has 0 bridgehead atoms. The van der Waals surface area contributed by atoms with E-state index in [0.29, 0.717) is 22.6 Å². The lowest BCUT2D eigenvalue weighted by Gasteiger charge is -2.10. The molecule has 0 radical (unpaired) electrons. The molecule has 0 saturated heterocycles. The topological polar surface area (TPSA) is 80.2 Å². The first-order valence-electron chi connectivity index (χ1n) is 7.46. The lowest BCUT2D eigenvalue weighted by molar-refractivity contribution is 0.0955. The van der Waals surface area contributed by atoms with Crippen LogP contribution >= 0.6 is 0 Å². The van der Waals surface area contributed by atoms with Crippen molar-refractivity contribution in [1.82, 2.24) is 5.43 Å². The predicted octanol–water partition coefficient (Wildman–Crippen LogP) is 2.95. The Hall–Kier alpha value is -3.02. The van der Waals surface area contributed by atoms with Gasteiger partial charge >= 0.3 is 0 Å². The molecule has 0 aliphatic heterocycles. The third-order valence-corrected chi connectivity index (χ3v) is 3.10. The Morgan fingerprint density at radius 2 is 1.83 bits per heavy atom. The summed E-state index contributed by atoms with van der Waals surface area (Å²) in [7, 11) is 1.56. The van der Waals surface area contributed by atoms with Gasteiger partial charge in [0.25, 0.3) is 5.91 Å². The zero-order valence-corrected chi connectivity index (χ0v) is 13.8. The van der Waals surface area contributed by atoms with Crippen molar-refractivity contribution in [3.63, 3.8) is 0 Å². The summed E-state index contributed by atoms with van der Waals surface area (Å²) < 4.78 is 10.5. The second-order valence-corrected chi connectivity index (χ2v) is 5.31. The standard InChI is InChI=1S/C18H20N2O4/c1-12(2)24-16-9-6-14(17(21)10-16)11-19-20-18(22)13-4-7-15(23-3)8-5-13/h4-12,21H,1-3H3,(H,20,22)/b19-11-. The van der Waals surface area contributed by atoms with Gasteiger partial charge in [-0.25, -0.2) is 5.43 Å². The highest BCUT2D eigenvalue weighted by atomic mass is 16.5. The molecule has 0 saturated carbocycles. The smallest absolute Gasteiger partial charge is 0.271 e. The summed E-state index contributed by atoms with van der Waals surface area (Å²) in [5.74, 6) is 0.911. The number of benzene rings is 2. The van der Waals surface area contributed by atoms with Crippen molar-refractivity contribution in [2.75, 3.05) is 7.11 Å². The van der Waals surface area contributed by atoms with E-state index < -0.39 is 0 Å². The summed E-state index contributed by atoms with van der Waals surface area (Å²) in [6.45, 7) is 3.81. The van der Waals surface area contributed by atoms with E-state index in [1.165, 1.54) is 12.3 Å². The van der Waals surface area contributed by atoms with Crippen molar-refractivity contribution in [1.29, 1.82) is 0 Å². The molecular weight excluding hydrogens is 308 g/mol. The fraction of sp³-hybridized carbons (Fsp3) is 0.222. The molecular formula is C18H20N2O4. The van der Waals surface area contributed by atoms with Crippen LogP contribution in [0.15, 0.2) is 47.6 Å². The SMILES string of the molecule is COc1ccc(C(=O)N/N=C\c2ccc(OC(C)C)cc2O)cc1. The van der Waals surface area contributed by atoms with Gasteiger partial charge in [-0.1, -0.05) is 0 Å². The minimum Gasteiger partial charge on any atom is -0.507 e. The Morgan fingerprint density at radius 1 is 1.17 bits per heavy atom. The number of carbonyl (C=O) groups is 1. The lowest BCUT2D eigenvalue weighted by Crippen LogP contribution is -2.17. The van der Waals surface area contributed by atoms with E-state index >= 15 is 0 Å². The zero-order chi connectivity index (χ0) is 17.5. The van der Waals surface area contributed by atoms with Crippen LogP contribution in [0.3, 0.4) is 0 Å². The molecule has 2 aromatic carbocycles. The minimum absolute atomic E-state index is 0.0210. The fourth-order valence-corrected chi connectivity index (χ4v) is 1.95. The van der Waals surface area contributed by atoms with E-state index in [9.17, 15) is 9.90 Å². The van der Waals surface area contributed by atoms with Gasteiger partial charge in [0.1, 0.15) is 17.2 Å². The number of phenols is 1. The molecule has 0 fully saturated rings. The molecule has 1 amide bonds. The molecule has 126 valence electrons. The van der Waals surface area contributed by atoms with E-state index in [1.54, 1.807) is 43.5 Å². The van der Waals surface area contributed by atoms with Gasteiger partial charge in [-0.2, -0.15) is 5.10 Å². The Morgan fingerprint density at radius 3 is 2.42 bits per heavy atom. The zero-order valence-electron chi connectivity index (χ0n) is 13.8. The molecule has 2 aromatic rings. The molecule has 0 aliphatic carbocycles. The number of carbonyl (C=O) groups excluding carboxylic acids is 1. The van der Waals surface area contributed by atoms with E-state index in [0.717, 1.165) is 0 Å². The Kier molecular flexibility index (Phi) is 5.78. The summed E-state index contributed by atoms with van der Waals surface area (Å²) in [5.41, 5.74) is 3.34. The number of nitrogens with one attached hydrogen (secondary N) is 1. The van der Waals surface area contributed by atoms with E-state index in [-0.39, 0.29) is 17.8 Å². The second kappa shape index (κ2) is 8.01. The van der Waals surface area contributed by atoms with E-state index in [4.69, 9.17) is 9.47 Å². The van der Waals surface area contributed by atoms with Gasteiger partial charge in [-0.3, -0.25) is 4.79 Å². The lowest BCUT2D eigenvalue weighted by atomic mass is 10.2. The van der Waals surface area contributed by atoms with Crippen LogP contribution < -0.4 is 14.9 Å². The number of methoxy groups -OCH3 is 1. The van der Waals surface area contributed by atoms with Crippen molar-refractivity contribution in [3.05, 3.63) is 53.6 Å². The molecule has 6 nitrogen and oxygen atoms in total. The number of rotatable bonds is 6. The maximum absolute atomic E-state index is 11.9. The Bertz CT molecular complexity index is 724. The molecule has 2 N–H and O–H groups in total. The molecule has 2 rings (SSSR count). The third-order valence-electron chi connectivity index (χ3n) is 3.10. The van der Waals surface area contributed by atoms with Crippen LogP contribution in [0.1, 0.15) is 29.8 Å². The average molecular weight is 328 g/mol. The highest BCUT2D eigenvalue weighted by Crippen LogP contribution is 2.23. The van der Waals surface area contributed by atoms with Gasteiger partial charge in [0.05, 0.1) is 19.4 Å². The number of hydrogen-bond donors (Lipinski definition) is 2. The van der Waals surface area contributed by atoms with Crippen molar-refractivity contribution in [3.8, 4) is 17.2 Å². The number of amides is 1. The van der Waals surface area contributed by atoms with Crippen molar-refractivity contribution in [2.45, 2.75) is 20.0 Å². The Labute approximate surface area is 140 Å². The van der Waals surface area contributed by atoms with Crippen LogP contribution in [-0.2, 0) is 0 Å². The number of nitrogens with zero attached hydrogens (tertiary/aromatic N) is 1. The maximum atomic E-state index is 11.9. The van der Waals surface area contributed by atoms with Crippen LogP contribution in [0.2, 0.25) is 0 Å². The Balaban J connectivity index is 1.98. The molecule has 0 heterocycles. The predicted molar refractivity (Wildman–Crippen MR) is 91.9 cm³/mol. The first kappa shape index (κ1) is 17.3. The number of phenolic OH excluding ortho intramolecular Hbond substituents is 1. The minimum atomic E-state index is -0.354. The monoisotopic (exact) mass is 328 g/mol. The number of hydrazone groups is 1. The normalized spacial score (nSPS) is 10.8. The summed E-state index contributed by atoms with van der Waals surface area (Å²) >= 11 is 0. The largest absolute Gasteiger partial charge is 0.507 e. The highest BCUT2D eigenvalue weighted by molar-refractivity contribution is 5.95. The van der Waals surface area contributed by atoms with Gasteiger partial charge in [0.2, 0.25) is 0 Å². The molecule has 0 aromatic heterocycles. The molecule has 0 unspecified atom stereocenters. The van der Waals surface area contributed by atoms with Crippen LogP contribution in [0.25, 0.3) is 0 Å². The van der Waals surface area contributed by atoms with Crippen molar-refractivity contribution < 1.29 is 19.4 Å². The van der Waals surface area contributed by atoms with Gasteiger partial charge in [0, 0.05) is 17.2 Å². The summed E-state index contributed by atoms with van der Waals surface area (Å²) in [6.07, 6.45) is 1.39. The number of hydrogen-bond acceptors (Lipinski definition) is 5. The average Bonchev–Trinajstić information content (AvgIpc) is 2.56. The summed E-state index contributed by atoms with van der Waals surface area (Å²) in [5, 5.41) is 13.8. The summed E-state index contributed by atoms with van der Waals surface area (Å²) in [4.78, 5) is 11.9. The summed E-state index contributed by atoms with van der Waals surface area (Å²) in [6, 6.07) is 11.6.